The van der Waals surface area contributed by atoms with Crippen LogP contribution in [0.25, 0.3) is 0 Å². The SMILES string of the molecule is Cl.O=C(Cl)c1c(F)cccc1F.O=C(Cl)c1ccc(C(F)(F)F)cc1.O=C(Cl)c1cccc([N+](=O)[O-])c1. The van der Waals surface area contributed by atoms with E-state index >= 15 is 0 Å². The van der Waals surface area contributed by atoms with E-state index in [4.69, 9.17) is 34.8 Å². The molecule has 0 amide bonds. The Balaban J connectivity index is 0.000000520. The molecule has 3 aromatic rings. The van der Waals surface area contributed by atoms with Crippen LogP contribution in [0.5, 0.6) is 0 Å². The summed E-state index contributed by atoms with van der Waals surface area (Å²) in [4.78, 5) is 41.1. The van der Waals surface area contributed by atoms with Crippen LogP contribution < -0.4 is 0 Å². The standard InChI is InChI=1S/C8H4ClF3O.C7H3ClF2O.C7H4ClNO3.ClH/c9-7(13)5-1-3-6(4-2-5)8(10,11)12;8-7(11)6-4(9)2-1-3-5(6)10;8-7(10)5-2-1-3-6(4-5)9(11)12;/h1-4H;1-3H;1-4H;1H. The Morgan fingerprint density at radius 1 is 0.730 bits per heavy atom. The fraction of sp³-hybridized carbons (Fsp3) is 0.0455. The highest BCUT2D eigenvalue weighted by Crippen LogP contribution is 2.29. The molecule has 3 aromatic carbocycles. The van der Waals surface area contributed by atoms with Crippen LogP contribution in [0, 0.1) is 21.7 Å². The monoisotopic (exact) mass is 605 g/mol. The van der Waals surface area contributed by atoms with E-state index in [1.165, 1.54) is 18.2 Å². The fourth-order valence-corrected chi connectivity index (χ4v) is 2.64. The van der Waals surface area contributed by atoms with Gasteiger partial charge < -0.3 is 0 Å². The largest absolute Gasteiger partial charge is 0.416 e. The average Bonchev–Trinajstić information content (AvgIpc) is 2.79. The summed E-state index contributed by atoms with van der Waals surface area (Å²) in [6, 6.07) is 12.1. The molecule has 0 radical (unpaired) electrons. The minimum Gasteiger partial charge on any atom is -0.276 e. The Bertz CT molecular complexity index is 1220. The minimum absolute atomic E-state index is 0. The van der Waals surface area contributed by atoms with Crippen molar-refractivity contribution in [2.75, 3.05) is 0 Å². The molecule has 3 rings (SSSR count). The van der Waals surface area contributed by atoms with Crippen molar-refractivity contribution in [2.45, 2.75) is 6.18 Å². The number of non-ortho nitro benzene ring substituents is 1. The van der Waals surface area contributed by atoms with Crippen molar-refractivity contribution in [1.82, 2.24) is 0 Å². The zero-order valence-corrected chi connectivity index (χ0v) is 20.9. The highest BCUT2D eigenvalue weighted by molar-refractivity contribution is 6.68. The molecule has 0 aliphatic carbocycles. The van der Waals surface area contributed by atoms with Gasteiger partial charge in [0.1, 0.15) is 17.2 Å². The molecular weight excluding hydrogens is 595 g/mol. The lowest BCUT2D eigenvalue weighted by atomic mass is 10.1. The minimum atomic E-state index is -4.38. The van der Waals surface area contributed by atoms with Crippen molar-refractivity contribution < 1.29 is 41.3 Å². The molecule has 0 saturated heterocycles. The van der Waals surface area contributed by atoms with Gasteiger partial charge in [0.15, 0.2) is 0 Å². The van der Waals surface area contributed by atoms with Crippen molar-refractivity contribution in [3.05, 3.63) is 111 Å². The normalized spacial score (nSPS) is 9.95. The van der Waals surface area contributed by atoms with Gasteiger partial charge in [-0.2, -0.15) is 13.2 Å². The van der Waals surface area contributed by atoms with Crippen LogP contribution in [0.1, 0.15) is 36.6 Å². The molecule has 0 aromatic heterocycles. The zero-order valence-electron chi connectivity index (χ0n) is 17.8. The third-order valence-electron chi connectivity index (χ3n) is 3.88. The molecule has 198 valence electrons. The molecule has 0 spiro atoms. The summed E-state index contributed by atoms with van der Waals surface area (Å²) in [5, 5.41) is 7.64. The maximum absolute atomic E-state index is 12.6. The van der Waals surface area contributed by atoms with Gasteiger partial charge >= 0.3 is 6.18 Å². The van der Waals surface area contributed by atoms with Gasteiger partial charge in [0.05, 0.1) is 10.5 Å². The highest BCUT2D eigenvalue weighted by atomic mass is 35.5. The number of rotatable bonds is 4. The molecule has 0 unspecified atom stereocenters. The maximum atomic E-state index is 12.6. The molecule has 15 heteroatoms. The summed E-state index contributed by atoms with van der Waals surface area (Å²) >= 11 is 15.1. The number of carbonyl (C=O) groups is 3. The lowest BCUT2D eigenvalue weighted by Crippen LogP contribution is -2.04. The second-order valence-corrected chi connectivity index (χ2v) is 7.33. The van der Waals surface area contributed by atoms with Gasteiger partial charge in [-0.15, -0.1) is 12.4 Å². The lowest BCUT2D eigenvalue weighted by molar-refractivity contribution is -0.384. The van der Waals surface area contributed by atoms with E-state index < -0.39 is 49.6 Å². The number of nitro benzene ring substituents is 1. The first-order chi connectivity index (χ1) is 16.6. The van der Waals surface area contributed by atoms with E-state index in [0.29, 0.717) is 0 Å². The van der Waals surface area contributed by atoms with Crippen LogP contribution in [-0.4, -0.2) is 20.7 Å². The van der Waals surface area contributed by atoms with Gasteiger partial charge in [0.25, 0.3) is 21.4 Å². The van der Waals surface area contributed by atoms with Crippen molar-refractivity contribution in [3.63, 3.8) is 0 Å². The summed E-state index contributed by atoms with van der Waals surface area (Å²) in [5.74, 6) is -1.88. The molecule has 0 aliphatic heterocycles. The number of hydrogen-bond donors (Lipinski definition) is 0. The smallest absolute Gasteiger partial charge is 0.276 e. The molecule has 0 atom stereocenters. The summed E-state index contributed by atoms with van der Waals surface area (Å²) in [6.45, 7) is 0. The van der Waals surface area contributed by atoms with Crippen LogP contribution in [0.4, 0.5) is 27.6 Å². The number of halogens is 9. The van der Waals surface area contributed by atoms with Gasteiger partial charge in [-0.1, -0.05) is 12.1 Å². The van der Waals surface area contributed by atoms with Gasteiger partial charge in [-0.3, -0.25) is 24.5 Å². The molecule has 37 heavy (non-hydrogen) atoms. The number of hydrogen-bond acceptors (Lipinski definition) is 5. The number of alkyl halides is 3. The van der Waals surface area contributed by atoms with Crippen LogP contribution in [-0.2, 0) is 6.18 Å². The summed E-state index contributed by atoms with van der Waals surface area (Å²) < 4.78 is 61.1. The van der Waals surface area contributed by atoms with E-state index in [9.17, 15) is 46.5 Å². The van der Waals surface area contributed by atoms with Crippen LogP contribution in [0.3, 0.4) is 0 Å². The van der Waals surface area contributed by atoms with Crippen LogP contribution in [0.2, 0.25) is 0 Å². The van der Waals surface area contributed by atoms with Gasteiger partial charge in [-0.25, -0.2) is 8.78 Å². The first kappa shape index (κ1) is 33.9. The predicted molar refractivity (Wildman–Crippen MR) is 129 cm³/mol. The molecule has 0 bridgehead atoms. The Hall–Kier alpha value is -3.12. The second kappa shape index (κ2) is 15.2. The van der Waals surface area contributed by atoms with E-state index in [1.54, 1.807) is 0 Å². The Kier molecular flexibility index (Phi) is 13.9. The third kappa shape index (κ3) is 11.2. The Labute approximate surface area is 226 Å². The Morgan fingerprint density at radius 2 is 1.19 bits per heavy atom. The van der Waals surface area contributed by atoms with Crippen molar-refractivity contribution in [1.29, 1.82) is 0 Å². The zero-order chi connectivity index (χ0) is 27.6. The first-order valence-corrected chi connectivity index (χ1v) is 10.2. The molecule has 0 heterocycles. The predicted octanol–water partition coefficient (Wildman–Crippen LogP) is 7.82. The van der Waals surface area contributed by atoms with E-state index in [0.717, 1.165) is 48.5 Å². The highest BCUT2D eigenvalue weighted by Gasteiger charge is 2.30. The average molecular weight is 607 g/mol. The van der Waals surface area contributed by atoms with Crippen molar-refractivity contribution in [3.8, 4) is 0 Å². The van der Waals surface area contributed by atoms with E-state index in [-0.39, 0.29) is 29.2 Å². The maximum Gasteiger partial charge on any atom is 0.416 e. The lowest BCUT2D eigenvalue weighted by Gasteiger charge is -2.05. The molecule has 0 fully saturated rings. The van der Waals surface area contributed by atoms with E-state index in [2.05, 4.69) is 0 Å². The fourth-order valence-electron chi connectivity index (χ4n) is 2.22. The molecule has 0 aliphatic rings. The van der Waals surface area contributed by atoms with Crippen molar-refractivity contribution >= 4 is 68.6 Å². The van der Waals surface area contributed by atoms with Gasteiger partial charge in [0.2, 0.25) is 0 Å². The molecule has 0 N–H and O–H groups in total. The molecule has 0 saturated carbocycles. The first-order valence-electron chi connectivity index (χ1n) is 9.10. The summed E-state index contributed by atoms with van der Waals surface area (Å²) in [7, 11) is 0. The van der Waals surface area contributed by atoms with Crippen molar-refractivity contribution in [2.24, 2.45) is 0 Å². The van der Waals surface area contributed by atoms with E-state index in [1.807, 2.05) is 0 Å². The molecule has 6 nitrogen and oxygen atoms in total. The topological polar surface area (TPSA) is 94.3 Å². The van der Waals surface area contributed by atoms with Crippen LogP contribution in [0.15, 0.2) is 66.7 Å². The number of nitrogens with zero attached hydrogens (tertiary/aromatic N) is 1. The molecular formula is C22H12Cl4F5NO5. The summed E-state index contributed by atoms with van der Waals surface area (Å²) in [5.41, 5.74) is -1.45. The Morgan fingerprint density at radius 3 is 1.54 bits per heavy atom. The quantitative estimate of drug-likeness (QED) is 0.131. The van der Waals surface area contributed by atoms with Gasteiger partial charge in [-0.05, 0) is 77.3 Å². The number of carbonyl (C=O) groups excluding carboxylic acids is 3. The number of benzene rings is 3. The van der Waals surface area contributed by atoms with Gasteiger partial charge in [0, 0.05) is 23.3 Å². The van der Waals surface area contributed by atoms with Crippen LogP contribution >= 0.6 is 47.2 Å². The summed E-state index contributed by atoms with van der Waals surface area (Å²) in [6.07, 6.45) is -4.38. The number of nitro groups is 1. The third-order valence-corrected chi connectivity index (χ3v) is 4.51. The second-order valence-electron chi connectivity index (χ2n) is 6.30.